The first-order chi connectivity index (χ1) is 7.88. The number of carboxylic acid groups (broad SMARTS) is 1. The Kier molecular flexibility index (Phi) is 4.07. The smallest absolute Gasteiger partial charge is 0.337 e. The topological polar surface area (TPSA) is 66.8 Å². The molecule has 0 bridgehead atoms. The summed E-state index contributed by atoms with van der Waals surface area (Å²) in [6.07, 6.45) is -1.79. The standard InChI is InChI=1S/C12H15FO4/c1-6(2)7-4-8(10(14)12(15)16)11(17-3)9(13)5-7/h4-6,10,14H,1-3H3,(H,15,16). The van der Waals surface area contributed by atoms with Crippen molar-refractivity contribution in [2.75, 3.05) is 7.11 Å². The molecule has 0 aromatic heterocycles. The summed E-state index contributed by atoms with van der Waals surface area (Å²) in [6.45, 7) is 3.69. The van der Waals surface area contributed by atoms with Crippen LogP contribution in [0.1, 0.15) is 37.0 Å². The van der Waals surface area contributed by atoms with Crippen LogP contribution in [0.5, 0.6) is 5.75 Å². The van der Waals surface area contributed by atoms with Gasteiger partial charge in [-0.15, -0.1) is 0 Å². The SMILES string of the molecule is COc1c(F)cc(C(C)C)cc1C(O)C(=O)O. The number of ether oxygens (including phenoxy) is 1. The summed E-state index contributed by atoms with van der Waals surface area (Å²) >= 11 is 0. The van der Waals surface area contributed by atoms with Crippen molar-refractivity contribution in [3.05, 3.63) is 29.1 Å². The summed E-state index contributed by atoms with van der Waals surface area (Å²) in [6, 6.07) is 2.73. The average Bonchev–Trinajstić information content (AvgIpc) is 2.26. The fraction of sp³-hybridized carbons (Fsp3) is 0.417. The monoisotopic (exact) mass is 242 g/mol. The predicted molar refractivity (Wildman–Crippen MR) is 59.6 cm³/mol. The molecule has 0 saturated heterocycles. The molecule has 0 radical (unpaired) electrons. The van der Waals surface area contributed by atoms with Crippen molar-refractivity contribution in [1.29, 1.82) is 0 Å². The van der Waals surface area contributed by atoms with E-state index in [0.717, 1.165) is 0 Å². The molecule has 1 aromatic rings. The van der Waals surface area contributed by atoms with Gasteiger partial charge in [0.2, 0.25) is 0 Å². The molecule has 1 aromatic carbocycles. The number of methoxy groups -OCH3 is 1. The fourth-order valence-electron chi connectivity index (χ4n) is 1.52. The lowest BCUT2D eigenvalue weighted by Crippen LogP contribution is -2.13. The summed E-state index contributed by atoms with van der Waals surface area (Å²) < 4.78 is 18.4. The molecule has 0 amide bonds. The van der Waals surface area contributed by atoms with Crippen molar-refractivity contribution >= 4 is 5.97 Å². The van der Waals surface area contributed by atoms with Crippen LogP contribution < -0.4 is 4.74 Å². The van der Waals surface area contributed by atoms with Gasteiger partial charge >= 0.3 is 5.97 Å². The second kappa shape index (κ2) is 5.14. The van der Waals surface area contributed by atoms with Crippen LogP contribution in [0.2, 0.25) is 0 Å². The number of hydrogen-bond donors (Lipinski definition) is 2. The molecular weight excluding hydrogens is 227 g/mol. The van der Waals surface area contributed by atoms with E-state index in [4.69, 9.17) is 9.84 Å². The van der Waals surface area contributed by atoms with Gasteiger partial charge in [-0.2, -0.15) is 0 Å². The van der Waals surface area contributed by atoms with E-state index in [-0.39, 0.29) is 17.2 Å². The van der Waals surface area contributed by atoms with Crippen molar-refractivity contribution in [3.8, 4) is 5.75 Å². The number of hydrogen-bond acceptors (Lipinski definition) is 3. The van der Waals surface area contributed by atoms with Gasteiger partial charge in [-0.3, -0.25) is 0 Å². The highest BCUT2D eigenvalue weighted by Crippen LogP contribution is 2.32. The molecule has 17 heavy (non-hydrogen) atoms. The predicted octanol–water partition coefficient (Wildman–Crippen LogP) is 2.08. The maximum Gasteiger partial charge on any atom is 0.337 e. The molecule has 94 valence electrons. The van der Waals surface area contributed by atoms with Crippen LogP contribution in [0.3, 0.4) is 0 Å². The summed E-state index contributed by atoms with van der Waals surface area (Å²) in [5, 5.41) is 18.2. The third-order valence-corrected chi connectivity index (χ3v) is 2.49. The Labute approximate surface area is 98.7 Å². The first-order valence-electron chi connectivity index (χ1n) is 5.16. The minimum Gasteiger partial charge on any atom is -0.493 e. The quantitative estimate of drug-likeness (QED) is 0.848. The Balaban J connectivity index is 3.38. The highest BCUT2D eigenvalue weighted by Gasteiger charge is 2.24. The van der Waals surface area contributed by atoms with Crippen molar-refractivity contribution in [3.63, 3.8) is 0 Å². The summed E-state index contributed by atoms with van der Waals surface area (Å²) in [4.78, 5) is 10.7. The zero-order valence-corrected chi connectivity index (χ0v) is 9.90. The second-order valence-corrected chi connectivity index (χ2v) is 4.02. The molecule has 0 spiro atoms. The molecular formula is C12H15FO4. The van der Waals surface area contributed by atoms with Gasteiger partial charge in [0, 0.05) is 5.56 Å². The van der Waals surface area contributed by atoms with Crippen LogP contribution in [-0.4, -0.2) is 23.3 Å². The Bertz CT molecular complexity index is 429. The minimum atomic E-state index is -1.79. The van der Waals surface area contributed by atoms with Gasteiger partial charge < -0.3 is 14.9 Å². The number of aliphatic hydroxyl groups excluding tert-OH is 1. The van der Waals surface area contributed by atoms with Crippen LogP contribution in [0.4, 0.5) is 4.39 Å². The van der Waals surface area contributed by atoms with E-state index >= 15 is 0 Å². The average molecular weight is 242 g/mol. The number of aliphatic hydroxyl groups is 1. The van der Waals surface area contributed by atoms with Crippen LogP contribution in [0, 0.1) is 5.82 Å². The van der Waals surface area contributed by atoms with Crippen LogP contribution in [-0.2, 0) is 4.79 Å². The highest BCUT2D eigenvalue weighted by molar-refractivity contribution is 5.75. The summed E-state index contributed by atoms with van der Waals surface area (Å²) in [7, 11) is 1.23. The normalized spacial score (nSPS) is 12.6. The van der Waals surface area contributed by atoms with Crippen molar-refractivity contribution in [2.45, 2.75) is 25.9 Å². The van der Waals surface area contributed by atoms with Gasteiger partial charge in [0.15, 0.2) is 17.7 Å². The maximum atomic E-state index is 13.7. The Morgan fingerprint density at radius 2 is 2.00 bits per heavy atom. The third-order valence-electron chi connectivity index (χ3n) is 2.49. The lowest BCUT2D eigenvalue weighted by molar-refractivity contribution is -0.147. The van der Waals surface area contributed by atoms with Gasteiger partial charge in [-0.1, -0.05) is 13.8 Å². The summed E-state index contributed by atoms with van der Waals surface area (Å²) in [5.41, 5.74) is 0.544. The molecule has 0 saturated carbocycles. The van der Waals surface area contributed by atoms with Gasteiger partial charge in [-0.05, 0) is 23.6 Å². The second-order valence-electron chi connectivity index (χ2n) is 4.02. The number of carbonyl (C=O) groups is 1. The fourth-order valence-corrected chi connectivity index (χ4v) is 1.52. The van der Waals surface area contributed by atoms with Crippen molar-refractivity contribution in [1.82, 2.24) is 0 Å². The first-order valence-corrected chi connectivity index (χ1v) is 5.16. The van der Waals surface area contributed by atoms with Gasteiger partial charge in [0.05, 0.1) is 7.11 Å². The molecule has 1 rings (SSSR count). The largest absolute Gasteiger partial charge is 0.493 e. The number of carboxylic acids is 1. The van der Waals surface area contributed by atoms with E-state index in [1.54, 1.807) is 0 Å². The van der Waals surface area contributed by atoms with Gasteiger partial charge in [0.1, 0.15) is 0 Å². The molecule has 0 aliphatic carbocycles. The lowest BCUT2D eigenvalue weighted by Gasteiger charge is -2.15. The van der Waals surface area contributed by atoms with E-state index in [1.165, 1.54) is 19.2 Å². The van der Waals surface area contributed by atoms with Crippen LogP contribution in [0.25, 0.3) is 0 Å². The van der Waals surface area contributed by atoms with E-state index in [2.05, 4.69) is 0 Å². The van der Waals surface area contributed by atoms with E-state index < -0.39 is 17.9 Å². The zero-order valence-electron chi connectivity index (χ0n) is 9.90. The molecule has 5 heteroatoms. The van der Waals surface area contributed by atoms with E-state index in [1.807, 2.05) is 13.8 Å². The minimum absolute atomic E-state index is 0.0233. The molecule has 1 atom stereocenters. The Morgan fingerprint density at radius 1 is 1.41 bits per heavy atom. The maximum absolute atomic E-state index is 13.7. The van der Waals surface area contributed by atoms with Crippen LogP contribution >= 0.6 is 0 Å². The third kappa shape index (κ3) is 2.74. The van der Waals surface area contributed by atoms with Crippen molar-refractivity contribution < 1.29 is 24.1 Å². The molecule has 0 aliphatic rings. The van der Waals surface area contributed by atoms with E-state index in [9.17, 15) is 14.3 Å². The van der Waals surface area contributed by atoms with Gasteiger partial charge in [-0.25, -0.2) is 9.18 Å². The van der Waals surface area contributed by atoms with Crippen molar-refractivity contribution in [2.24, 2.45) is 0 Å². The number of aliphatic carboxylic acids is 1. The number of halogens is 1. The Morgan fingerprint density at radius 3 is 2.41 bits per heavy atom. The molecule has 2 N–H and O–H groups in total. The molecule has 4 nitrogen and oxygen atoms in total. The first kappa shape index (κ1) is 13.4. The van der Waals surface area contributed by atoms with E-state index in [0.29, 0.717) is 5.56 Å². The molecule has 0 fully saturated rings. The number of rotatable bonds is 4. The van der Waals surface area contributed by atoms with Crippen LogP contribution in [0.15, 0.2) is 12.1 Å². The molecule has 0 aliphatic heterocycles. The number of benzene rings is 1. The molecule has 1 unspecified atom stereocenters. The Hall–Kier alpha value is -1.62. The lowest BCUT2D eigenvalue weighted by atomic mass is 9.97. The van der Waals surface area contributed by atoms with Gasteiger partial charge in [0.25, 0.3) is 0 Å². The zero-order chi connectivity index (χ0) is 13.2. The summed E-state index contributed by atoms with van der Waals surface area (Å²) in [5.74, 6) is -2.32. The molecule has 0 heterocycles. The highest BCUT2D eigenvalue weighted by atomic mass is 19.1.